The van der Waals surface area contributed by atoms with Crippen molar-refractivity contribution >= 4 is 10.0 Å². The standard InChI is InChI=1S/C20H27NO2S/c1-6-19(18-11-9-17(10-12-18)14(2)3)21-24(22,23)20-13-15(4)7-8-16(20)5/h7-14,19,21H,6H2,1-5H3. The van der Waals surface area contributed by atoms with Crippen molar-refractivity contribution in [1.29, 1.82) is 0 Å². The molecular formula is C20H27NO2S. The van der Waals surface area contributed by atoms with Crippen LogP contribution in [0.5, 0.6) is 0 Å². The topological polar surface area (TPSA) is 46.2 Å². The quantitative estimate of drug-likeness (QED) is 0.813. The van der Waals surface area contributed by atoms with Gasteiger partial charge in [-0.3, -0.25) is 0 Å². The normalized spacial score (nSPS) is 13.2. The van der Waals surface area contributed by atoms with E-state index in [-0.39, 0.29) is 6.04 Å². The molecule has 0 radical (unpaired) electrons. The van der Waals surface area contributed by atoms with Gasteiger partial charge in [0.05, 0.1) is 4.90 Å². The Morgan fingerprint density at radius 2 is 1.54 bits per heavy atom. The Labute approximate surface area is 146 Å². The van der Waals surface area contributed by atoms with Gasteiger partial charge in [-0.1, -0.05) is 57.2 Å². The summed E-state index contributed by atoms with van der Waals surface area (Å²) in [5.74, 6) is 0.464. The lowest BCUT2D eigenvalue weighted by Gasteiger charge is -2.19. The van der Waals surface area contributed by atoms with Gasteiger partial charge in [0.25, 0.3) is 0 Å². The Bertz CT molecular complexity index is 793. The van der Waals surface area contributed by atoms with E-state index in [4.69, 9.17) is 0 Å². The highest BCUT2D eigenvalue weighted by Gasteiger charge is 2.22. The van der Waals surface area contributed by atoms with Gasteiger partial charge >= 0.3 is 0 Å². The fraction of sp³-hybridized carbons (Fsp3) is 0.400. The Balaban J connectivity index is 2.30. The van der Waals surface area contributed by atoms with Gasteiger partial charge in [-0.25, -0.2) is 13.1 Å². The molecule has 130 valence electrons. The first-order valence-corrected chi connectivity index (χ1v) is 9.92. The minimum absolute atomic E-state index is 0.226. The number of hydrogen-bond acceptors (Lipinski definition) is 2. The molecule has 0 saturated heterocycles. The van der Waals surface area contributed by atoms with Crippen LogP contribution >= 0.6 is 0 Å². The molecule has 1 atom stereocenters. The summed E-state index contributed by atoms with van der Waals surface area (Å²) in [6.45, 7) is 10.0. The zero-order valence-electron chi connectivity index (χ0n) is 15.1. The largest absolute Gasteiger partial charge is 0.241 e. The highest BCUT2D eigenvalue weighted by Crippen LogP contribution is 2.24. The summed E-state index contributed by atoms with van der Waals surface area (Å²) < 4.78 is 28.5. The van der Waals surface area contributed by atoms with Crippen molar-refractivity contribution in [3.05, 3.63) is 64.7 Å². The molecule has 0 aliphatic carbocycles. The molecule has 2 rings (SSSR count). The van der Waals surface area contributed by atoms with Gasteiger partial charge in [-0.2, -0.15) is 0 Å². The van der Waals surface area contributed by atoms with Crippen LogP contribution in [-0.2, 0) is 10.0 Å². The fourth-order valence-corrected chi connectivity index (χ4v) is 4.39. The summed E-state index contributed by atoms with van der Waals surface area (Å²) in [4.78, 5) is 0.361. The van der Waals surface area contributed by atoms with Gasteiger partial charge in [0.2, 0.25) is 10.0 Å². The van der Waals surface area contributed by atoms with E-state index in [1.54, 1.807) is 6.07 Å². The molecule has 1 unspecified atom stereocenters. The first-order chi connectivity index (χ1) is 11.2. The Hall–Kier alpha value is -1.65. The molecule has 24 heavy (non-hydrogen) atoms. The van der Waals surface area contributed by atoms with Gasteiger partial charge in [-0.05, 0) is 54.5 Å². The van der Waals surface area contributed by atoms with Gasteiger partial charge in [0.15, 0.2) is 0 Å². The molecule has 0 bridgehead atoms. The van der Waals surface area contributed by atoms with E-state index in [1.165, 1.54) is 5.56 Å². The SMILES string of the molecule is CCC(NS(=O)(=O)c1cc(C)ccc1C)c1ccc(C(C)C)cc1. The van der Waals surface area contributed by atoms with E-state index >= 15 is 0 Å². The first kappa shape index (κ1) is 18.7. The van der Waals surface area contributed by atoms with Crippen LogP contribution in [-0.4, -0.2) is 8.42 Å². The molecule has 2 aromatic carbocycles. The van der Waals surface area contributed by atoms with Crippen molar-refractivity contribution in [1.82, 2.24) is 4.72 Å². The molecule has 2 aromatic rings. The van der Waals surface area contributed by atoms with Crippen LogP contribution in [0.4, 0.5) is 0 Å². The average molecular weight is 346 g/mol. The van der Waals surface area contributed by atoms with Crippen molar-refractivity contribution in [2.45, 2.75) is 57.9 Å². The highest BCUT2D eigenvalue weighted by molar-refractivity contribution is 7.89. The number of nitrogens with one attached hydrogen (secondary N) is 1. The molecule has 0 aromatic heterocycles. The van der Waals surface area contributed by atoms with Crippen LogP contribution in [0, 0.1) is 13.8 Å². The second-order valence-electron chi connectivity index (χ2n) is 6.67. The van der Waals surface area contributed by atoms with Crippen LogP contribution in [0.2, 0.25) is 0 Å². The lowest BCUT2D eigenvalue weighted by atomic mass is 9.98. The van der Waals surface area contributed by atoms with Crippen LogP contribution < -0.4 is 4.72 Å². The van der Waals surface area contributed by atoms with E-state index in [1.807, 2.05) is 45.0 Å². The van der Waals surface area contributed by atoms with Crippen molar-refractivity contribution in [3.8, 4) is 0 Å². The van der Waals surface area contributed by atoms with E-state index in [9.17, 15) is 8.42 Å². The molecule has 0 aliphatic heterocycles. The lowest BCUT2D eigenvalue weighted by molar-refractivity contribution is 0.549. The maximum atomic E-state index is 12.8. The monoisotopic (exact) mass is 345 g/mol. The van der Waals surface area contributed by atoms with Crippen molar-refractivity contribution in [3.63, 3.8) is 0 Å². The molecular weight excluding hydrogens is 318 g/mol. The molecule has 0 spiro atoms. The molecule has 0 amide bonds. The Kier molecular flexibility index (Phi) is 5.83. The third-order valence-corrected chi connectivity index (χ3v) is 5.96. The number of hydrogen-bond donors (Lipinski definition) is 1. The van der Waals surface area contributed by atoms with Crippen LogP contribution in [0.3, 0.4) is 0 Å². The van der Waals surface area contributed by atoms with Crippen LogP contribution in [0.15, 0.2) is 47.4 Å². The smallest absolute Gasteiger partial charge is 0.207 e. The number of rotatable bonds is 6. The van der Waals surface area contributed by atoms with Crippen molar-refractivity contribution < 1.29 is 8.42 Å². The summed E-state index contributed by atoms with van der Waals surface area (Å²) >= 11 is 0. The zero-order chi connectivity index (χ0) is 17.9. The van der Waals surface area contributed by atoms with Gasteiger partial charge < -0.3 is 0 Å². The first-order valence-electron chi connectivity index (χ1n) is 8.44. The predicted molar refractivity (Wildman–Crippen MR) is 99.8 cm³/mol. The maximum Gasteiger partial charge on any atom is 0.241 e. The molecule has 0 fully saturated rings. The Morgan fingerprint density at radius 3 is 2.08 bits per heavy atom. The lowest BCUT2D eigenvalue weighted by Crippen LogP contribution is -2.29. The van der Waals surface area contributed by atoms with E-state index in [2.05, 4.69) is 30.7 Å². The van der Waals surface area contributed by atoms with Crippen molar-refractivity contribution in [2.24, 2.45) is 0 Å². The molecule has 1 N–H and O–H groups in total. The maximum absolute atomic E-state index is 12.8. The second-order valence-corrected chi connectivity index (χ2v) is 8.35. The van der Waals surface area contributed by atoms with Gasteiger partial charge in [0.1, 0.15) is 0 Å². The van der Waals surface area contributed by atoms with E-state index < -0.39 is 10.0 Å². The molecule has 0 aliphatic rings. The van der Waals surface area contributed by atoms with E-state index in [0.29, 0.717) is 17.2 Å². The van der Waals surface area contributed by atoms with Crippen molar-refractivity contribution in [2.75, 3.05) is 0 Å². The zero-order valence-corrected chi connectivity index (χ0v) is 15.9. The average Bonchev–Trinajstić information content (AvgIpc) is 2.55. The third-order valence-electron chi connectivity index (χ3n) is 4.34. The molecule has 0 saturated carbocycles. The molecule has 3 nitrogen and oxygen atoms in total. The van der Waals surface area contributed by atoms with Crippen LogP contribution in [0.1, 0.15) is 61.4 Å². The minimum Gasteiger partial charge on any atom is -0.207 e. The van der Waals surface area contributed by atoms with Crippen LogP contribution in [0.25, 0.3) is 0 Å². The summed E-state index contributed by atoms with van der Waals surface area (Å²) in [6.07, 6.45) is 0.700. The Morgan fingerprint density at radius 1 is 0.958 bits per heavy atom. The summed E-state index contributed by atoms with van der Waals surface area (Å²) in [6, 6.07) is 13.5. The summed E-state index contributed by atoms with van der Waals surface area (Å²) in [5.41, 5.74) is 3.95. The summed E-state index contributed by atoms with van der Waals surface area (Å²) in [5, 5.41) is 0. The highest BCUT2D eigenvalue weighted by atomic mass is 32.2. The minimum atomic E-state index is -3.55. The predicted octanol–water partition coefficient (Wildman–Crippen LogP) is 4.86. The number of benzene rings is 2. The molecule has 4 heteroatoms. The van der Waals surface area contributed by atoms with Gasteiger partial charge in [0, 0.05) is 6.04 Å². The molecule has 0 heterocycles. The summed E-state index contributed by atoms with van der Waals surface area (Å²) in [7, 11) is -3.55. The second kappa shape index (κ2) is 7.49. The van der Waals surface area contributed by atoms with Gasteiger partial charge in [-0.15, -0.1) is 0 Å². The fourth-order valence-electron chi connectivity index (χ4n) is 2.75. The van der Waals surface area contributed by atoms with E-state index in [0.717, 1.165) is 16.7 Å². The number of sulfonamides is 1. The third kappa shape index (κ3) is 4.25. The number of aryl methyl sites for hydroxylation is 2.